The minimum absolute atomic E-state index is 0.252. The lowest BCUT2D eigenvalue weighted by Crippen LogP contribution is -2.35. The van der Waals surface area contributed by atoms with Crippen LogP contribution in [0.4, 0.5) is 10.1 Å². The predicted molar refractivity (Wildman–Crippen MR) is 91.3 cm³/mol. The Bertz CT molecular complexity index is 875. The summed E-state index contributed by atoms with van der Waals surface area (Å²) in [6, 6.07) is 9.42. The quantitative estimate of drug-likeness (QED) is 0.850. The van der Waals surface area contributed by atoms with E-state index in [1.54, 1.807) is 0 Å². The van der Waals surface area contributed by atoms with Gasteiger partial charge in [0.05, 0.1) is 16.6 Å². The average molecular weight is 391 g/mol. The first-order valence-corrected chi connectivity index (χ1v) is 8.87. The molecule has 0 aliphatic heterocycles. The maximum Gasteiger partial charge on any atom is 0.246 e. The molecule has 2 rings (SSSR count). The van der Waals surface area contributed by atoms with Crippen LogP contribution in [0, 0.1) is 5.82 Å². The first-order chi connectivity index (χ1) is 11.2. The van der Waals surface area contributed by atoms with Crippen molar-refractivity contribution < 1.29 is 17.6 Å². The van der Waals surface area contributed by atoms with Crippen molar-refractivity contribution in [1.29, 1.82) is 0 Å². The van der Waals surface area contributed by atoms with Crippen LogP contribution in [0.1, 0.15) is 0 Å². The molecule has 128 valence electrons. The van der Waals surface area contributed by atoms with Crippen molar-refractivity contribution in [2.75, 3.05) is 18.9 Å². The van der Waals surface area contributed by atoms with E-state index in [4.69, 9.17) is 23.2 Å². The maximum atomic E-state index is 13.7. The van der Waals surface area contributed by atoms with E-state index in [0.717, 1.165) is 16.4 Å². The van der Waals surface area contributed by atoms with Crippen LogP contribution in [0.3, 0.4) is 0 Å². The van der Waals surface area contributed by atoms with Gasteiger partial charge >= 0.3 is 0 Å². The summed E-state index contributed by atoms with van der Waals surface area (Å²) in [6.45, 7) is -0.489. The Labute approximate surface area is 149 Å². The second-order valence-electron chi connectivity index (χ2n) is 4.87. The van der Waals surface area contributed by atoms with Gasteiger partial charge in [0.2, 0.25) is 15.9 Å². The molecular weight excluding hydrogens is 378 g/mol. The van der Waals surface area contributed by atoms with Gasteiger partial charge in [-0.1, -0.05) is 35.3 Å². The van der Waals surface area contributed by atoms with Crippen molar-refractivity contribution in [3.8, 4) is 0 Å². The Hall–Kier alpha value is -1.67. The molecule has 0 aliphatic carbocycles. The third-order valence-corrected chi connectivity index (χ3v) is 5.67. The highest BCUT2D eigenvalue weighted by Crippen LogP contribution is 2.25. The number of sulfonamides is 1. The largest absolute Gasteiger partial charge is 0.325 e. The summed E-state index contributed by atoms with van der Waals surface area (Å²) in [6.07, 6.45) is 0. The van der Waals surface area contributed by atoms with Crippen molar-refractivity contribution in [3.63, 3.8) is 0 Å². The fraction of sp³-hybridized carbons (Fsp3) is 0.133. The average Bonchev–Trinajstić information content (AvgIpc) is 2.51. The number of benzene rings is 2. The lowest BCUT2D eigenvalue weighted by molar-refractivity contribution is -0.116. The van der Waals surface area contributed by atoms with Crippen molar-refractivity contribution >= 4 is 44.8 Å². The number of rotatable bonds is 5. The second kappa shape index (κ2) is 7.48. The molecule has 0 saturated carbocycles. The Balaban J connectivity index is 2.11. The van der Waals surface area contributed by atoms with E-state index in [1.165, 1.54) is 37.4 Å². The summed E-state index contributed by atoms with van der Waals surface area (Å²) in [4.78, 5) is 11.5. The standard InChI is InChI=1S/C15H13Cl2FN2O3S/c1-20(24(22,23)14-5-3-2-4-13(14)18)9-15(21)19-10-6-7-11(16)12(17)8-10/h2-8H,9H2,1H3,(H,19,21). The summed E-state index contributed by atoms with van der Waals surface area (Å²) >= 11 is 11.6. The minimum Gasteiger partial charge on any atom is -0.325 e. The lowest BCUT2D eigenvalue weighted by Gasteiger charge is -2.17. The maximum absolute atomic E-state index is 13.7. The Kier molecular flexibility index (Phi) is 5.82. The molecule has 0 heterocycles. The summed E-state index contributed by atoms with van der Waals surface area (Å²) in [5.74, 6) is -1.48. The number of anilines is 1. The number of halogens is 3. The van der Waals surface area contributed by atoms with E-state index in [-0.39, 0.29) is 5.02 Å². The summed E-state index contributed by atoms with van der Waals surface area (Å²) in [5.41, 5.74) is 0.367. The van der Waals surface area contributed by atoms with Gasteiger partial charge < -0.3 is 5.32 Å². The van der Waals surface area contributed by atoms with Gasteiger partial charge in [0.25, 0.3) is 0 Å². The lowest BCUT2D eigenvalue weighted by atomic mass is 10.3. The number of likely N-dealkylation sites (N-methyl/N-ethyl adjacent to an activating group) is 1. The molecule has 0 bridgehead atoms. The van der Waals surface area contributed by atoms with E-state index in [9.17, 15) is 17.6 Å². The van der Waals surface area contributed by atoms with E-state index < -0.39 is 33.2 Å². The van der Waals surface area contributed by atoms with Crippen LogP contribution >= 0.6 is 23.2 Å². The molecule has 2 aromatic rings. The topological polar surface area (TPSA) is 66.5 Å². The van der Waals surface area contributed by atoms with Gasteiger partial charge in [0, 0.05) is 12.7 Å². The number of hydrogen-bond donors (Lipinski definition) is 1. The number of carbonyl (C=O) groups excluding carboxylic acids is 1. The first kappa shape index (κ1) is 18.7. The molecule has 0 atom stereocenters. The fourth-order valence-electron chi connectivity index (χ4n) is 1.88. The third kappa shape index (κ3) is 4.24. The van der Waals surface area contributed by atoms with Gasteiger partial charge in [-0.25, -0.2) is 12.8 Å². The zero-order valence-electron chi connectivity index (χ0n) is 12.5. The van der Waals surface area contributed by atoms with E-state index in [0.29, 0.717) is 10.7 Å². The van der Waals surface area contributed by atoms with Crippen molar-refractivity contribution in [2.24, 2.45) is 0 Å². The SMILES string of the molecule is CN(CC(=O)Nc1ccc(Cl)c(Cl)c1)S(=O)(=O)c1ccccc1F. The highest BCUT2D eigenvalue weighted by molar-refractivity contribution is 7.89. The van der Waals surface area contributed by atoms with Crippen LogP contribution < -0.4 is 5.32 Å². The van der Waals surface area contributed by atoms with E-state index >= 15 is 0 Å². The molecule has 0 fully saturated rings. The van der Waals surface area contributed by atoms with E-state index in [2.05, 4.69) is 5.32 Å². The summed E-state index contributed by atoms with van der Waals surface area (Å²) in [7, 11) is -2.93. The predicted octanol–water partition coefficient (Wildman–Crippen LogP) is 3.39. The molecule has 0 unspecified atom stereocenters. The number of amides is 1. The van der Waals surface area contributed by atoms with Crippen LogP contribution in [0.5, 0.6) is 0 Å². The van der Waals surface area contributed by atoms with Crippen LogP contribution in [0.2, 0.25) is 10.0 Å². The smallest absolute Gasteiger partial charge is 0.246 e. The van der Waals surface area contributed by atoms with E-state index in [1.807, 2.05) is 0 Å². The number of nitrogens with zero attached hydrogens (tertiary/aromatic N) is 1. The number of nitrogens with one attached hydrogen (secondary N) is 1. The molecule has 0 spiro atoms. The molecule has 5 nitrogen and oxygen atoms in total. The molecule has 0 saturated heterocycles. The van der Waals surface area contributed by atoms with Crippen LogP contribution in [-0.4, -0.2) is 32.2 Å². The molecule has 0 aromatic heterocycles. The summed E-state index contributed by atoms with van der Waals surface area (Å²) in [5, 5.41) is 3.08. The Morgan fingerprint density at radius 3 is 2.46 bits per heavy atom. The first-order valence-electron chi connectivity index (χ1n) is 6.67. The van der Waals surface area contributed by atoms with Crippen molar-refractivity contribution in [1.82, 2.24) is 4.31 Å². The normalized spacial score (nSPS) is 11.5. The monoisotopic (exact) mass is 390 g/mol. The Morgan fingerprint density at radius 2 is 1.83 bits per heavy atom. The fourth-order valence-corrected chi connectivity index (χ4v) is 3.37. The van der Waals surface area contributed by atoms with Gasteiger partial charge in [-0.15, -0.1) is 0 Å². The van der Waals surface area contributed by atoms with Gasteiger partial charge in [-0.05, 0) is 30.3 Å². The molecule has 2 aromatic carbocycles. The van der Waals surface area contributed by atoms with Crippen LogP contribution in [-0.2, 0) is 14.8 Å². The van der Waals surface area contributed by atoms with Gasteiger partial charge in [-0.2, -0.15) is 4.31 Å². The van der Waals surface area contributed by atoms with Gasteiger partial charge in [0.15, 0.2) is 0 Å². The highest BCUT2D eigenvalue weighted by atomic mass is 35.5. The Morgan fingerprint density at radius 1 is 1.17 bits per heavy atom. The number of carbonyl (C=O) groups is 1. The molecular formula is C15H13Cl2FN2O3S. The van der Waals surface area contributed by atoms with Crippen LogP contribution in [0.15, 0.2) is 47.4 Å². The number of hydrogen-bond acceptors (Lipinski definition) is 3. The molecule has 1 N–H and O–H groups in total. The van der Waals surface area contributed by atoms with Crippen molar-refractivity contribution in [3.05, 3.63) is 58.3 Å². The molecule has 9 heteroatoms. The zero-order chi connectivity index (χ0) is 17.9. The third-order valence-electron chi connectivity index (χ3n) is 3.09. The van der Waals surface area contributed by atoms with Gasteiger partial charge in [-0.3, -0.25) is 4.79 Å². The van der Waals surface area contributed by atoms with Crippen LogP contribution in [0.25, 0.3) is 0 Å². The molecule has 1 amide bonds. The zero-order valence-corrected chi connectivity index (χ0v) is 14.8. The summed E-state index contributed by atoms with van der Waals surface area (Å²) < 4.78 is 39.1. The second-order valence-corrected chi connectivity index (χ2v) is 7.70. The highest BCUT2D eigenvalue weighted by Gasteiger charge is 2.25. The molecule has 24 heavy (non-hydrogen) atoms. The molecule has 0 aliphatic rings. The molecule has 0 radical (unpaired) electrons. The minimum atomic E-state index is -4.12. The van der Waals surface area contributed by atoms with Gasteiger partial charge in [0.1, 0.15) is 10.7 Å². The van der Waals surface area contributed by atoms with Crippen molar-refractivity contribution in [2.45, 2.75) is 4.90 Å².